The summed E-state index contributed by atoms with van der Waals surface area (Å²) in [6.45, 7) is 4.37. The molecule has 1 aliphatic rings. The van der Waals surface area contributed by atoms with Crippen molar-refractivity contribution in [3.63, 3.8) is 0 Å². The highest BCUT2D eigenvalue weighted by Gasteiger charge is 2.30. The van der Waals surface area contributed by atoms with E-state index in [0.29, 0.717) is 6.54 Å². The molecule has 4 heteroatoms. The SMILES string of the molecule is CCN1Cc2ccccc2C[C@H]1C(=O)NCc1cc2ccccc2[nH]1. The van der Waals surface area contributed by atoms with Gasteiger partial charge in [-0.3, -0.25) is 9.69 Å². The molecular weight excluding hydrogens is 310 g/mol. The third kappa shape index (κ3) is 3.17. The van der Waals surface area contributed by atoms with Gasteiger partial charge in [-0.1, -0.05) is 49.4 Å². The number of hydrogen-bond acceptors (Lipinski definition) is 2. The Labute approximate surface area is 147 Å². The average molecular weight is 333 g/mol. The lowest BCUT2D eigenvalue weighted by atomic mass is 9.93. The van der Waals surface area contributed by atoms with Gasteiger partial charge in [0.1, 0.15) is 0 Å². The van der Waals surface area contributed by atoms with E-state index in [2.05, 4.69) is 64.6 Å². The zero-order chi connectivity index (χ0) is 17.2. The molecule has 128 valence electrons. The second-order valence-electron chi connectivity index (χ2n) is 6.65. The van der Waals surface area contributed by atoms with Crippen molar-refractivity contribution in [1.29, 1.82) is 0 Å². The van der Waals surface area contributed by atoms with E-state index < -0.39 is 0 Å². The van der Waals surface area contributed by atoms with Crippen molar-refractivity contribution in [3.05, 3.63) is 71.4 Å². The number of para-hydroxylation sites is 1. The maximum absolute atomic E-state index is 12.8. The molecule has 0 aliphatic carbocycles. The smallest absolute Gasteiger partial charge is 0.238 e. The zero-order valence-electron chi connectivity index (χ0n) is 14.5. The van der Waals surface area contributed by atoms with Crippen LogP contribution in [0.2, 0.25) is 0 Å². The van der Waals surface area contributed by atoms with E-state index in [1.54, 1.807) is 0 Å². The molecule has 2 N–H and O–H groups in total. The van der Waals surface area contributed by atoms with Gasteiger partial charge in [-0.05, 0) is 41.6 Å². The lowest BCUT2D eigenvalue weighted by Crippen LogP contribution is -2.49. The van der Waals surface area contributed by atoms with E-state index in [1.807, 2.05) is 12.1 Å². The zero-order valence-corrected chi connectivity index (χ0v) is 14.5. The normalized spacial score (nSPS) is 17.4. The molecule has 0 saturated heterocycles. The number of likely N-dealkylation sites (N-methyl/N-ethyl adjacent to an activating group) is 1. The van der Waals surface area contributed by atoms with Gasteiger partial charge in [0.05, 0.1) is 12.6 Å². The predicted molar refractivity (Wildman–Crippen MR) is 100 cm³/mol. The van der Waals surface area contributed by atoms with E-state index in [-0.39, 0.29) is 11.9 Å². The topological polar surface area (TPSA) is 48.1 Å². The Morgan fingerprint density at radius 3 is 2.72 bits per heavy atom. The first-order chi connectivity index (χ1) is 12.2. The molecule has 25 heavy (non-hydrogen) atoms. The molecule has 0 saturated carbocycles. The number of H-pyrrole nitrogens is 1. The quantitative estimate of drug-likeness (QED) is 0.770. The van der Waals surface area contributed by atoms with Gasteiger partial charge in [-0.25, -0.2) is 0 Å². The lowest BCUT2D eigenvalue weighted by molar-refractivity contribution is -0.127. The van der Waals surface area contributed by atoms with Gasteiger partial charge >= 0.3 is 0 Å². The first-order valence-electron chi connectivity index (χ1n) is 8.90. The number of aromatic nitrogens is 1. The third-order valence-corrected chi connectivity index (χ3v) is 5.09. The van der Waals surface area contributed by atoms with Crippen LogP contribution in [0.5, 0.6) is 0 Å². The van der Waals surface area contributed by atoms with Gasteiger partial charge in [-0.15, -0.1) is 0 Å². The molecule has 0 spiro atoms. The summed E-state index contributed by atoms with van der Waals surface area (Å²) in [5.41, 5.74) is 4.77. The highest BCUT2D eigenvalue weighted by Crippen LogP contribution is 2.23. The molecule has 1 atom stereocenters. The molecule has 4 rings (SSSR count). The maximum Gasteiger partial charge on any atom is 0.238 e. The van der Waals surface area contributed by atoms with Crippen LogP contribution in [-0.4, -0.2) is 28.4 Å². The van der Waals surface area contributed by atoms with E-state index in [9.17, 15) is 4.79 Å². The number of nitrogens with one attached hydrogen (secondary N) is 2. The molecule has 4 nitrogen and oxygen atoms in total. The summed E-state index contributed by atoms with van der Waals surface area (Å²) < 4.78 is 0. The molecule has 2 aromatic carbocycles. The molecule has 2 heterocycles. The molecule has 0 radical (unpaired) electrons. The van der Waals surface area contributed by atoms with Crippen LogP contribution in [0, 0.1) is 0 Å². The van der Waals surface area contributed by atoms with Crippen LogP contribution in [-0.2, 0) is 24.3 Å². The van der Waals surface area contributed by atoms with Crippen LogP contribution in [0.25, 0.3) is 10.9 Å². The van der Waals surface area contributed by atoms with Gasteiger partial charge in [-0.2, -0.15) is 0 Å². The molecule has 1 amide bonds. The summed E-state index contributed by atoms with van der Waals surface area (Å²) >= 11 is 0. The standard InChI is InChI=1S/C21H23N3O/c1-2-24-14-17-9-4-3-7-15(17)12-20(24)21(25)22-13-18-11-16-8-5-6-10-19(16)23-18/h3-11,20,23H,2,12-14H2,1H3,(H,22,25)/t20-/m0/s1. The lowest BCUT2D eigenvalue weighted by Gasteiger charge is -2.35. The predicted octanol–water partition coefficient (Wildman–Crippen LogP) is 3.23. The second kappa shape index (κ2) is 6.73. The largest absolute Gasteiger partial charge is 0.357 e. The fourth-order valence-electron chi connectivity index (χ4n) is 3.70. The van der Waals surface area contributed by atoms with Crippen molar-refractivity contribution in [2.75, 3.05) is 6.54 Å². The highest BCUT2D eigenvalue weighted by atomic mass is 16.2. The minimum atomic E-state index is -0.0933. The average Bonchev–Trinajstić information content (AvgIpc) is 3.08. The number of hydrogen-bond donors (Lipinski definition) is 2. The van der Waals surface area contributed by atoms with Crippen molar-refractivity contribution >= 4 is 16.8 Å². The number of carbonyl (C=O) groups is 1. The van der Waals surface area contributed by atoms with Gasteiger partial charge < -0.3 is 10.3 Å². The number of amides is 1. The molecule has 0 unspecified atom stereocenters. The first kappa shape index (κ1) is 15.9. The summed E-state index contributed by atoms with van der Waals surface area (Å²) in [4.78, 5) is 18.4. The summed E-state index contributed by atoms with van der Waals surface area (Å²) in [6.07, 6.45) is 0.780. The fraction of sp³-hybridized carbons (Fsp3) is 0.286. The van der Waals surface area contributed by atoms with E-state index in [1.165, 1.54) is 16.5 Å². The molecule has 0 fully saturated rings. The highest BCUT2D eigenvalue weighted by molar-refractivity contribution is 5.83. The molecule has 1 aliphatic heterocycles. The van der Waals surface area contributed by atoms with Gasteiger partial charge in [0.15, 0.2) is 0 Å². The number of aromatic amines is 1. The van der Waals surface area contributed by atoms with Crippen LogP contribution in [0.3, 0.4) is 0 Å². The second-order valence-corrected chi connectivity index (χ2v) is 6.65. The van der Waals surface area contributed by atoms with Crippen LogP contribution < -0.4 is 5.32 Å². The van der Waals surface area contributed by atoms with Crippen molar-refractivity contribution in [3.8, 4) is 0 Å². The fourth-order valence-corrected chi connectivity index (χ4v) is 3.70. The van der Waals surface area contributed by atoms with Gasteiger partial charge in [0.2, 0.25) is 5.91 Å². The number of benzene rings is 2. The minimum Gasteiger partial charge on any atom is -0.357 e. The Kier molecular flexibility index (Phi) is 4.28. The van der Waals surface area contributed by atoms with Crippen molar-refractivity contribution < 1.29 is 4.79 Å². The monoisotopic (exact) mass is 333 g/mol. The molecule has 3 aromatic rings. The number of fused-ring (bicyclic) bond motifs is 2. The first-order valence-corrected chi connectivity index (χ1v) is 8.90. The Hall–Kier alpha value is -2.59. The van der Waals surface area contributed by atoms with Crippen LogP contribution in [0.1, 0.15) is 23.7 Å². The number of nitrogens with zero attached hydrogens (tertiary/aromatic N) is 1. The molecule has 0 bridgehead atoms. The number of rotatable bonds is 4. The van der Waals surface area contributed by atoms with Crippen LogP contribution >= 0.6 is 0 Å². The van der Waals surface area contributed by atoms with E-state index in [0.717, 1.165) is 30.7 Å². The van der Waals surface area contributed by atoms with Gasteiger partial charge in [0.25, 0.3) is 0 Å². The maximum atomic E-state index is 12.8. The van der Waals surface area contributed by atoms with Crippen LogP contribution in [0.15, 0.2) is 54.6 Å². The molecular formula is C21H23N3O. The van der Waals surface area contributed by atoms with Crippen molar-refractivity contribution in [2.45, 2.75) is 32.5 Å². The Balaban J connectivity index is 1.46. The Morgan fingerprint density at radius 2 is 1.92 bits per heavy atom. The minimum absolute atomic E-state index is 0.0933. The van der Waals surface area contributed by atoms with Gasteiger partial charge in [0, 0.05) is 17.8 Å². The Bertz CT molecular complexity index is 866. The molecule has 1 aromatic heterocycles. The van der Waals surface area contributed by atoms with E-state index in [4.69, 9.17) is 0 Å². The number of carbonyl (C=O) groups excluding carboxylic acids is 1. The van der Waals surface area contributed by atoms with E-state index >= 15 is 0 Å². The van der Waals surface area contributed by atoms with Crippen molar-refractivity contribution in [1.82, 2.24) is 15.2 Å². The Morgan fingerprint density at radius 1 is 1.16 bits per heavy atom. The summed E-state index contributed by atoms with van der Waals surface area (Å²) in [5, 5.41) is 4.29. The van der Waals surface area contributed by atoms with Crippen LogP contribution in [0.4, 0.5) is 0 Å². The summed E-state index contributed by atoms with van der Waals surface area (Å²) in [6, 6.07) is 18.6. The summed E-state index contributed by atoms with van der Waals surface area (Å²) in [5.74, 6) is 0.106. The third-order valence-electron chi connectivity index (χ3n) is 5.09. The van der Waals surface area contributed by atoms with Crippen molar-refractivity contribution in [2.24, 2.45) is 0 Å². The summed E-state index contributed by atoms with van der Waals surface area (Å²) in [7, 11) is 0.